The predicted octanol–water partition coefficient (Wildman–Crippen LogP) is 0.185. The van der Waals surface area contributed by atoms with Gasteiger partial charge in [-0.05, 0) is 12.8 Å². The number of halogens is 1. The van der Waals surface area contributed by atoms with E-state index >= 15 is 0 Å². The Balaban J connectivity index is 2.36. The smallest absolute Gasteiger partial charge is 0.261 e. The Morgan fingerprint density at radius 2 is 2.29 bits per heavy atom. The van der Waals surface area contributed by atoms with Crippen LogP contribution >= 0.6 is 11.6 Å². The summed E-state index contributed by atoms with van der Waals surface area (Å²) in [5, 5.41) is 4.02. The summed E-state index contributed by atoms with van der Waals surface area (Å²) in [6, 6.07) is -0.106. The molecule has 2 heterocycles. The fraction of sp³-hybridized carbons (Fsp3) is 0.667. The normalized spacial score (nSPS) is 22.9. The maximum Gasteiger partial charge on any atom is 0.261 e. The van der Waals surface area contributed by atoms with Gasteiger partial charge in [0, 0.05) is 26.2 Å². The van der Waals surface area contributed by atoms with Crippen LogP contribution in [0, 0.1) is 0 Å². The van der Waals surface area contributed by atoms with Gasteiger partial charge in [0.2, 0.25) is 0 Å². The molecule has 1 saturated heterocycles. The van der Waals surface area contributed by atoms with Crippen molar-refractivity contribution in [1.29, 1.82) is 0 Å². The van der Waals surface area contributed by atoms with Crippen LogP contribution in [0.2, 0.25) is 5.02 Å². The molecule has 0 amide bonds. The molecule has 6 nitrogen and oxygen atoms in total. The van der Waals surface area contributed by atoms with Crippen LogP contribution < -0.4 is 5.73 Å². The molecule has 1 aromatic rings. The first-order valence-electron chi connectivity index (χ1n) is 5.36. The summed E-state index contributed by atoms with van der Waals surface area (Å²) in [7, 11) is -2.03. The van der Waals surface area contributed by atoms with Gasteiger partial charge in [-0.1, -0.05) is 11.6 Å². The second-order valence-corrected chi connectivity index (χ2v) is 6.45. The topological polar surface area (TPSA) is 81.2 Å². The van der Waals surface area contributed by atoms with E-state index in [4.69, 9.17) is 17.3 Å². The van der Waals surface area contributed by atoms with Crippen molar-refractivity contribution < 1.29 is 8.42 Å². The third kappa shape index (κ3) is 2.33. The number of aryl methyl sites for hydroxylation is 1. The molecule has 96 valence electrons. The molecule has 0 unspecified atom stereocenters. The van der Waals surface area contributed by atoms with Crippen LogP contribution in [-0.2, 0) is 17.1 Å². The van der Waals surface area contributed by atoms with Gasteiger partial charge in [-0.2, -0.15) is 9.40 Å². The van der Waals surface area contributed by atoms with Crippen molar-refractivity contribution in [2.45, 2.75) is 23.9 Å². The molecule has 8 heteroatoms. The van der Waals surface area contributed by atoms with Crippen molar-refractivity contribution in [2.75, 3.05) is 13.1 Å². The quantitative estimate of drug-likeness (QED) is 0.837. The molecule has 0 aromatic carbocycles. The minimum atomic E-state index is -3.59. The van der Waals surface area contributed by atoms with Crippen molar-refractivity contribution in [3.8, 4) is 0 Å². The van der Waals surface area contributed by atoms with Crippen LogP contribution in [0.1, 0.15) is 12.8 Å². The minimum Gasteiger partial charge on any atom is -0.327 e. The van der Waals surface area contributed by atoms with Gasteiger partial charge in [0.05, 0.1) is 11.2 Å². The largest absolute Gasteiger partial charge is 0.327 e. The molecule has 0 aliphatic carbocycles. The second kappa shape index (κ2) is 4.56. The molecular formula is C9H15ClN4O2S. The molecule has 1 fully saturated rings. The third-order valence-electron chi connectivity index (χ3n) is 2.85. The SMILES string of the molecule is Cn1ncc(Cl)c1S(=O)(=O)N1CCC[C@@H](N)C1. The first-order valence-corrected chi connectivity index (χ1v) is 7.18. The van der Waals surface area contributed by atoms with Crippen LogP contribution in [0.3, 0.4) is 0 Å². The van der Waals surface area contributed by atoms with Gasteiger partial charge >= 0.3 is 0 Å². The van der Waals surface area contributed by atoms with E-state index < -0.39 is 10.0 Å². The summed E-state index contributed by atoms with van der Waals surface area (Å²) in [6.45, 7) is 0.821. The molecule has 1 aliphatic heterocycles. The highest BCUT2D eigenvalue weighted by atomic mass is 35.5. The van der Waals surface area contributed by atoms with E-state index in [0.29, 0.717) is 13.1 Å². The molecule has 2 N–H and O–H groups in total. The lowest BCUT2D eigenvalue weighted by Crippen LogP contribution is -2.46. The number of piperidine rings is 1. The van der Waals surface area contributed by atoms with Gasteiger partial charge in [0.25, 0.3) is 10.0 Å². The first-order chi connectivity index (χ1) is 7.93. The molecule has 17 heavy (non-hydrogen) atoms. The number of hydrogen-bond acceptors (Lipinski definition) is 4. The lowest BCUT2D eigenvalue weighted by Gasteiger charge is -2.29. The number of nitrogens with two attached hydrogens (primary N) is 1. The molecule has 0 radical (unpaired) electrons. The van der Waals surface area contributed by atoms with Crippen molar-refractivity contribution in [2.24, 2.45) is 12.8 Å². The van der Waals surface area contributed by atoms with E-state index in [1.807, 2.05) is 0 Å². The zero-order valence-electron chi connectivity index (χ0n) is 9.50. The summed E-state index contributed by atoms with van der Waals surface area (Å²) in [5.41, 5.74) is 5.79. The zero-order chi connectivity index (χ0) is 12.6. The van der Waals surface area contributed by atoms with Crippen molar-refractivity contribution in [3.05, 3.63) is 11.2 Å². The molecular weight excluding hydrogens is 264 g/mol. The standard InChI is InChI=1S/C9H15ClN4O2S/c1-13-9(8(10)5-12-13)17(15,16)14-4-2-3-7(11)6-14/h5,7H,2-4,6,11H2,1H3/t7-/m1/s1. The van der Waals surface area contributed by atoms with Gasteiger partial charge < -0.3 is 5.73 Å². The molecule has 0 saturated carbocycles. The Labute approximate surface area is 105 Å². The van der Waals surface area contributed by atoms with E-state index in [-0.39, 0.29) is 16.1 Å². The van der Waals surface area contributed by atoms with Crippen LogP contribution in [0.15, 0.2) is 11.2 Å². The first kappa shape index (κ1) is 12.8. The lowest BCUT2D eigenvalue weighted by atomic mass is 10.1. The highest BCUT2D eigenvalue weighted by Crippen LogP contribution is 2.25. The Morgan fingerprint density at radius 3 is 2.82 bits per heavy atom. The Morgan fingerprint density at radius 1 is 1.59 bits per heavy atom. The summed E-state index contributed by atoms with van der Waals surface area (Å²) >= 11 is 5.86. The van der Waals surface area contributed by atoms with Gasteiger partial charge in [-0.15, -0.1) is 0 Å². The molecule has 2 rings (SSSR count). The summed E-state index contributed by atoms with van der Waals surface area (Å²) in [6.07, 6.45) is 2.96. The van der Waals surface area contributed by atoms with E-state index in [1.54, 1.807) is 7.05 Å². The Kier molecular flexibility index (Phi) is 3.44. The van der Waals surface area contributed by atoms with Crippen molar-refractivity contribution >= 4 is 21.6 Å². The van der Waals surface area contributed by atoms with E-state index in [0.717, 1.165) is 12.8 Å². The fourth-order valence-corrected chi connectivity index (χ4v) is 4.14. The highest BCUT2D eigenvalue weighted by Gasteiger charge is 2.32. The van der Waals surface area contributed by atoms with E-state index in [1.165, 1.54) is 15.2 Å². The van der Waals surface area contributed by atoms with Crippen LogP contribution in [0.5, 0.6) is 0 Å². The van der Waals surface area contributed by atoms with Gasteiger partial charge in [0.15, 0.2) is 5.03 Å². The third-order valence-corrected chi connectivity index (χ3v) is 5.22. The Bertz CT molecular complexity index is 494. The van der Waals surface area contributed by atoms with Crippen molar-refractivity contribution in [1.82, 2.24) is 14.1 Å². The van der Waals surface area contributed by atoms with E-state index in [2.05, 4.69) is 5.10 Å². The van der Waals surface area contributed by atoms with Gasteiger partial charge in [-0.3, -0.25) is 4.68 Å². The fourth-order valence-electron chi connectivity index (χ4n) is 2.00. The van der Waals surface area contributed by atoms with E-state index in [9.17, 15) is 8.42 Å². The number of nitrogens with zero attached hydrogens (tertiary/aromatic N) is 3. The predicted molar refractivity (Wildman–Crippen MR) is 64.2 cm³/mol. The average molecular weight is 279 g/mol. The molecule has 1 aliphatic rings. The number of sulfonamides is 1. The van der Waals surface area contributed by atoms with Gasteiger partial charge in [0.1, 0.15) is 0 Å². The van der Waals surface area contributed by atoms with Gasteiger partial charge in [-0.25, -0.2) is 8.42 Å². The molecule has 1 aromatic heterocycles. The number of aromatic nitrogens is 2. The summed E-state index contributed by atoms with van der Waals surface area (Å²) in [5.74, 6) is 0. The number of rotatable bonds is 2. The Hall–Kier alpha value is -0.630. The summed E-state index contributed by atoms with van der Waals surface area (Å²) < 4.78 is 27.4. The van der Waals surface area contributed by atoms with Crippen LogP contribution in [0.4, 0.5) is 0 Å². The maximum atomic E-state index is 12.4. The monoisotopic (exact) mass is 278 g/mol. The lowest BCUT2D eigenvalue weighted by molar-refractivity contribution is 0.314. The summed E-state index contributed by atoms with van der Waals surface area (Å²) in [4.78, 5) is 0. The molecule has 1 atom stereocenters. The van der Waals surface area contributed by atoms with Crippen molar-refractivity contribution in [3.63, 3.8) is 0 Å². The molecule has 0 bridgehead atoms. The second-order valence-electron chi connectivity index (χ2n) is 4.19. The number of hydrogen-bond donors (Lipinski definition) is 1. The highest BCUT2D eigenvalue weighted by molar-refractivity contribution is 7.89. The molecule has 0 spiro atoms. The van der Waals surface area contributed by atoms with Crippen LogP contribution in [-0.4, -0.2) is 41.6 Å². The van der Waals surface area contributed by atoms with Crippen LogP contribution in [0.25, 0.3) is 0 Å². The maximum absolute atomic E-state index is 12.4. The minimum absolute atomic E-state index is 0.0354. The zero-order valence-corrected chi connectivity index (χ0v) is 11.1. The average Bonchev–Trinajstić information content (AvgIpc) is 2.59.